The second kappa shape index (κ2) is 6.40. The van der Waals surface area contributed by atoms with Crippen LogP contribution in [-0.2, 0) is 11.2 Å². The highest BCUT2D eigenvalue weighted by atomic mass is 16.4. The Bertz CT molecular complexity index is 591. The number of rotatable bonds is 3. The van der Waals surface area contributed by atoms with Gasteiger partial charge in [-0.25, -0.2) is 0 Å². The summed E-state index contributed by atoms with van der Waals surface area (Å²) in [5.74, 6) is -1.52. The lowest BCUT2D eigenvalue weighted by atomic mass is 9.89. The first-order valence-electron chi connectivity index (χ1n) is 7.04. The fraction of sp³-hybridized carbons (Fsp3) is 0.438. The molecular formula is C16H18N2O3. The minimum Gasteiger partial charge on any atom is -0.481 e. The van der Waals surface area contributed by atoms with Crippen LogP contribution in [0.1, 0.15) is 35.7 Å². The van der Waals surface area contributed by atoms with Gasteiger partial charge in [0, 0.05) is 18.2 Å². The van der Waals surface area contributed by atoms with Crippen LogP contribution in [0.2, 0.25) is 0 Å². The number of carboxylic acid groups (broad SMARTS) is 1. The van der Waals surface area contributed by atoms with Crippen LogP contribution >= 0.6 is 0 Å². The number of nitriles is 1. The molecule has 1 aliphatic rings. The number of hydrogen-bond acceptors (Lipinski definition) is 3. The quantitative estimate of drug-likeness (QED) is 0.922. The van der Waals surface area contributed by atoms with Crippen molar-refractivity contribution in [3.05, 3.63) is 35.4 Å². The standard InChI is InChI=1S/C16H18N2O3/c1-11-14(16(20)21)6-3-9-18(11)15(19)13-5-2-4-12(10-13)7-8-17/h2,4-5,10-11,14H,3,6-7,9H2,1H3,(H,20,21)/t11-,14-/m1/s1. The zero-order valence-corrected chi connectivity index (χ0v) is 12.0. The molecule has 2 rings (SSSR count). The number of piperidine rings is 1. The molecule has 2 atom stereocenters. The van der Waals surface area contributed by atoms with Crippen molar-refractivity contribution in [3.8, 4) is 6.07 Å². The van der Waals surface area contributed by atoms with E-state index >= 15 is 0 Å². The molecule has 110 valence electrons. The number of hydrogen-bond donors (Lipinski definition) is 1. The molecule has 1 fully saturated rings. The number of aliphatic carboxylic acids is 1. The molecular weight excluding hydrogens is 268 g/mol. The van der Waals surface area contributed by atoms with Crippen molar-refractivity contribution in [2.75, 3.05) is 6.54 Å². The molecule has 0 unspecified atom stereocenters. The minimum atomic E-state index is -0.849. The average molecular weight is 286 g/mol. The molecule has 1 aromatic carbocycles. The predicted molar refractivity (Wildman–Crippen MR) is 76.6 cm³/mol. The molecule has 0 saturated carbocycles. The second-order valence-electron chi connectivity index (χ2n) is 5.36. The van der Waals surface area contributed by atoms with Crippen LogP contribution in [0.4, 0.5) is 0 Å². The second-order valence-corrected chi connectivity index (χ2v) is 5.36. The minimum absolute atomic E-state index is 0.159. The number of carboxylic acids is 1. The van der Waals surface area contributed by atoms with Gasteiger partial charge in [-0.2, -0.15) is 5.26 Å². The van der Waals surface area contributed by atoms with Crippen molar-refractivity contribution < 1.29 is 14.7 Å². The summed E-state index contributed by atoms with van der Waals surface area (Å²) in [6, 6.07) is 8.72. The number of amides is 1. The highest BCUT2D eigenvalue weighted by molar-refractivity contribution is 5.95. The first-order valence-corrected chi connectivity index (χ1v) is 7.04. The third kappa shape index (κ3) is 3.22. The SMILES string of the molecule is C[C@@H]1[C@H](C(=O)O)CCCN1C(=O)c1cccc(CC#N)c1. The molecule has 1 aliphatic heterocycles. The van der Waals surface area contributed by atoms with E-state index in [1.807, 2.05) is 0 Å². The predicted octanol–water partition coefficient (Wildman–Crippen LogP) is 2.08. The fourth-order valence-electron chi connectivity index (χ4n) is 2.83. The molecule has 21 heavy (non-hydrogen) atoms. The Kier molecular flexibility index (Phi) is 4.59. The lowest BCUT2D eigenvalue weighted by Crippen LogP contribution is -2.49. The van der Waals surface area contributed by atoms with E-state index in [1.54, 1.807) is 36.1 Å². The zero-order valence-electron chi connectivity index (χ0n) is 12.0. The highest BCUT2D eigenvalue weighted by Gasteiger charge is 2.35. The van der Waals surface area contributed by atoms with Gasteiger partial charge in [-0.05, 0) is 37.5 Å². The van der Waals surface area contributed by atoms with Crippen molar-refractivity contribution in [2.45, 2.75) is 32.2 Å². The summed E-state index contributed by atoms with van der Waals surface area (Å²) in [6.45, 7) is 2.36. The lowest BCUT2D eigenvalue weighted by molar-refractivity contribution is -0.144. The van der Waals surface area contributed by atoms with Crippen LogP contribution in [0, 0.1) is 17.2 Å². The molecule has 0 aromatic heterocycles. The van der Waals surface area contributed by atoms with Gasteiger partial charge in [0.05, 0.1) is 18.4 Å². The van der Waals surface area contributed by atoms with E-state index in [2.05, 4.69) is 6.07 Å². The number of nitrogens with zero attached hydrogens (tertiary/aromatic N) is 2. The first kappa shape index (κ1) is 15.0. The van der Waals surface area contributed by atoms with E-state index < -0.39 is 11.9 Å². The van der Waals surface area contributed by atoms with E-state index in [0.717, 1.165) is 5.56 Å². The van der Waals surface area contributed by atoms with Crippen LogP contribution < -0.4 is 0 Å². The molecule has 1 saturated heterocycles. The molecule has 1 aromatic rings. The molecule has 1 N–H and O–H groups in total. The van der Waals surface area contributed by atoms with Crippen LogP contribution in [-0.4, -0.2) is 34.5 Å². The Labute approximate surface area is 123 Å². The molecule has 5 nitrogen and oxygen atoms in total. The topological polar surface area (TPSA) is 81.4 Å². The van der Waals surface area contributed by atoms with Crippen LogP contribution in [0.5, 0.6) is 0 Å². The van der Waals surface area contributed by atoms with Gasteiger partial charge < -0.3 is 10.0 Å². The summed E-state index contributed by atoms with van der Waals surface area (Å²) < 4.78 is 0. The summed E-state index contributed by atoms with van der Waals surface area (Å²) in [7, 11) is 0. The van der Waals surface area contributed by atoms with Gasteiger partial charge in [0.25, 0.3) is 5.91 Å². The molecule has 0 bridgehead atoms. The van der Waals surface area contributed by atoms with Crippen LogP contribution in [0.15, 0.2) is 24.3 Å². The van der Waals surface area contributed by atoms with Gasteiger partial charge in [0.2, 0.25) is 0 Å². The Morgan fingerprint density at radius 3 is 2.90 bits per heavy atom. The van der Waals surface area contributed by atoms with Crippen molar-refractivity contribution in [3.63, 3.8) is 0 Å². The van der Waals surface area contributed by atoms with Crippen LogP contribution in [0.25, 0.3) is 0 Å². The summed E-state index contributed by atoms with van der Waals surface area (Å²) in [6.07, 6.45) is 1.56. The Hall–Kier alpha value is -2.35. The Morgan fingerprint density at radius 2 is 2.24 bits per heavy atom. The zero-order chi connectivity index (χ0) is 15.4. The van der Waals surface area contributed by atoms with Gasteiger partial charge in [0.1, 0.15) is 0 Å². The van der Waals surface area contributed by atoms with Gasteiger partial charge >= 0.3 is 5.97 Å². The van der Waals surface area contributed by atoms with Crippen molar-refractivity contribution in [1.29, 1.82) is 5.26 Å². The highest BCUT2D eigenvalue weighted by Crippen LogP contribution is 2.25. The summed E-state index contributed by atoms with van der Waals surface area (Å²) >= 11 is 0. The average Bonchev–Trinajstić information content (AvgIpc) is 2.47. The number of benzene rings is 1. The maximum Gasteiger partial charge on any atom is 0.308 e. The maximum atomic E-state index is 12.6. The summed E-state index contributed by atoms with van der Waals surface area (Å²) in [5.41, 5.74) is 1.31. The number of likely N-dealkylation sites (tertiary alicyclic amines) is 1. The van der Waals surface area contributed by atoms with Crippen molar-refractivity contribution in [1.82, 2.24) is 4.90 Å². The third-order valence-corrected chi connectivity index (χ3v) is 4.02. The van der Waals surface area contributed by atoms with Crippen molar-refractivity contribution >= 4 is 11.9 Å². The molecule has 0 aliphatic carbocycles. The smallest absolute Gasteiger partial charge is 0.308 e. The normalized spacial score (nSPS) is 21.6. The van der Waals surface area contributed by atoms with Crippen LogP contribution in [0.3, 0.4) is 0 Å². The Balaban J connectivity index is 2.21. The maximum absolute atomic E-state index is 12.6. The molecule has 0 radical (unpaired) electrons. The Morgan fingerprint density at radius 1 is 1.48 bits per heavy atom. The molecule has 1 amide bonds. The number of carbonyl (C=O) groups excluding carboxylic acids is 1. The summed E-state index contributed by atoms with van der Waals surface area (Å²) in [5, 5.41) is 17.9. The lowest BCUT2D eigenvalue weighted by Gasteiger charge is -2.37. The van der Waals surface area contributed by atoms with E-state index in [-0.39, 0.29) is 18.4 Å². The first-order chi connectivity index (χ1) is 10.0. The van der Waals surface area contributed by atoms with Crippen molar-refractivity contribution in [2.24, 2.45) is 5.92 Å². The van der Waals surface area contributed by atoms with E-state index in [0.29, 0.717) is 24.9 Å². The third-order valence-electron chi connectivity index (χ3n) is 4.02. The van der Waals surface area contributed by atoms with Gasteiger partial charge in [-0.1, -0.05) is 12.1 Å². The van der Waals surface area contributed by atoms with E-state index in [4.69, 9.17) is 5.26 Å². The monoisotopic (exact) mass is 286 g/mol. The van der Waals surface area contributed by atoms with E-state index in [9.17, 15) is 14.7 Å². The van der Waals surface area contributed by atoms with Gasteiger partial charge in [0.15, 0.2) is 0 Å². The molecule has 5 heteroatoms. The van der Waals surface area contributed by atoms with Gasteiger partial charge in [-0.15, -0.1) is 0 Å². The number of carbonyl (C=O) groups is 2. The summed E-state index contributed by atoms with van der Waals surface area (Å²) in [4.78, 5) is 25.5. The molecule has 1 heterocycles. The largest absolute Gasteiger partial charge is 0.481 e. The van der Waals surface area contributed by atoms with E-state index in [1.165, 1.54) is 0 Å². The molecule has 0 spiro atoms. The van der Waals surface area contributed by atoms with Gasteiger partial charge in [-0.3, -0.25) is 9.59 Å². The fourth-order valence-corrected chi connectivity index (χ4v) is 2.83.